The van der Waals surface area contributed by atoms with E-state index in [2.05, 4.69) is 4.52 Å². The van der Waals surface area contributed by atoms with Crippen molar-refractivity contribution >= 4 is 8.18 Å². The molecule has 2 N–H and O–H groups in total. The second kappa shape index (κ2) is 4.91. The molecular weight excluding hydrogens is 125 g/mol. The third kappa shape index (κ3) is 5.76. The maximum Gasteiger partial charge on any atom is 0.610 e. The molecule has 0 aromatic heterocycles. The van der Waals surface area contributed by atoms with Gasteiger partial charge in [0, 0.05) is 0 Å². The summed E-state index contributed by atoms with van der Waals surface area (Å²) in [5, 5.41) is 0. The molecule has 3 nitrogen and oxygen atoms in total. The van der Waals surface area contributed by atoms with Crippen molar-refractivity contribution in [1.82, 2.24) is 0 Å². The standard InChI is InChI=1S/C4H9NO2P/c1-2-3-4-7-8(5)6/h2-3H,4H2,1H3,(H2,5,6)/q+1/b3-2+. The van der Waals surface area contributed by atoms with Gasteiger partial charge < -0.3 is 0 Å². The minimum absolute atomic E-state index is 0.336. The maximum absolute atomic E-state index is 9.99. The summed E-state index contributed by atoms with van der Waals surface area (Å²) in [7, 11) is -1.91. The van der Waals surface area contributed by atoms with Crippen molar-refractivity contribution < 1.29 is 9.09 Å². The molecule has 0 saturated heterocycles. The van der Waals surface area contributed by atoms with E-state index in [1.54, 1.807) is 12.2 Å². The van der Waals surface area contributed by atoms with Crippen molar-refractivity contribution in [2.45, 2.75) is 6.92 Å². The van der Waals surface area contributed by atoms with Crippen LogP contribution < -0.4 is 5.50 Å². The number of nitrogens with two attached hydrogens (primary N) is 1. The van der Waals surface area contributed by atoms with Crippen LogP contribution in [-0.4, -0.2) is 6.61 Å². The zero-order valence-corrected chi connectivity index (χ0v) is 5.60. The van der Waals surface area contributed by atoms with Gasteiger partial charge in [-0.15, -0.1) is 4.52 Å². The molecule has 0 aromatic carbocycles. The fourth-order valence-electron chi connectivity index (χ4n) is 0.213. The zero-order chi connectivity index (χ0) is 6.41. The summed E-state index contributed by atoms with van der Waals surface area (Å²) >= 11 is 0. The van der Waals surface area contributed by atoms with Crippen LogP contribution in [0.4, 0.5) is 0 Å². The summed E-state index contributed by atoms with van der Waals surface area (Å²) in [6.07, 6.45) is 3.54. The van der Waals surface area contributed by atoms with Crippen LogP contribution in [0.15, 0.2) is 12.2 Å². The van der Waals surface area contributed by atoms with Gasteiger partial charge in [0.2, 0.25) is 0 Å². The third-order valence-electron chi connectivity index (χ3n) is 0.534. The summed E-state index contributed by atoms with van der Waals surface area (Å²) in [5.41, 5.74) is 4.79. The molecule has 0 spiro atoms. The molecule has 0 aliphatic rings. The number of rotatable bonds is 3. The molecule has 1 atom stereocenters. The van der Waals surface area contributed by atoms with Gasteiger partial charge in [-0.05, 0) is 11.5 Å². The molecule has 4 heteroatoms. The molecule has 0 saturated carbocycles. The molecule has 0 bridgehead atoms. The second-order valence-electron chi connectivity index (χ2n) is 1.15. The monoisotopic (exact) mass is 134 g/mol. The predicted octanol–water partition coefficient (Wildman–Crippen LogP) is 1.20. The highest BCUT2D eigenvalue weighted by Gasteiger charge is 2.03. The van der Waals surface area contributed by atoms with E-state index in [4.69, 9.17) is 5.50 Å². The minimum Gasteiger partial charge on any atom is -0.126 e. The highest BCUT2D eigenvalue weighted by atomic mass is 31.1. The molecule has 0 aliphatic heterocycles. The molecule has 0 radical (unpaired) electrons. The lowest BCUT2D eigenvalue weighted by molar-refractivity contribution is 0.371. The first kappa shape index (κ1) is 7.76. The third-order valence-corrected chi connectivity index (χ3v) is 0.937. The Labute approximate surface area is 49.4 Å². The van der Waals surface area contributed by atoms with Crippen molar-refractivity contribution in [3.63, 3.8) is 0 Å². The van der Waals surface area contributed by atoms with Gasteiger partial charge in [0.1, 0.15) is 6.61 Å². The van der Waals surface area contributed by atoms with Crippen LogP contribution in [0.2, 0.25) is 0 Å². The van der Waals surface area contributed by atoms with E-state index in [1.165, 1.54) is 0 Å². The maximum atomic E-state index is 9.99. The first-order chi connectivity index (χ1) is 3.77. The van der Waals surface area contributed by atoms with Crippen LogP contribution in [0.1, 0.15) is 6.92 Å². The van der Waals surface area contributed by atoms with Crippen molar-refractivity contribution in [2.24, 2.45) is 5.50 Å². The Morgan fingerprint density at radius 2 is 2.50 bits per heavy atom. The Hall–Kier alpha value is -0.240. The van der Waals surface area contributed by atoms with Gasteiger partial charge in [-0.2, -0.15) is 0 Å². The SMILES string of the molecule is C/C=C/CO[P+](N)=O. The van der Waals surface area contributed by atoms with Crippen molar-refractivity contribution in [3.8, 4) is 0 Å². The molecule has 0 aromatic rings. The Balaban J connectivity index is 3.05. The molecule has 1 unspecified atom stereocenters. The highest BCUT2D eigenvalue weighted by Crippen LogP contribution is 2.07. The number of hydrogen-bond acceptors (Lipinski definition) is 2. The van der Waals surface area contributed by atoms with Gasteiger partial charge in [-0.1, -0.05) is 17.7 Å². The van der Waals surface area contributed by atoms with Crippen LogP contribution in [0, 0.1) is 0 Å². The van der Waals surface area contributed by atoms with Gasteiger partial charge in [0.25, 0.3) is 0 Å². The average molecular weight is 134 g/mol. The van der Waals surface area contributed by atoms with Crippen LogP contribution in [0.5, 0.6) is 0 Å². The van der Waals surface area contributed by atoms with Gasteiger partial charge in [-0.3, -0.25) is 0 Å². The lowest BCUT2D eigenvalue weighted by atomic mass is 10.6. The summed E-state index contributed by atoms with van der Waals surface area (Å²) in [6, 6.07) is 0. The predicted molar refractivity (Wildman–Crippen MR) is 32.6 cm³/mol. The molecular formula is C4H9NO2P+. The summed E-state index contributed by atoms with van der Waals surface area (Å²) in [5.74, 6) is 0. The largest absolute Gasteiger partial charge is 0.610 e. The smallest absolute Gasteiger partial charge is 0.126 e. The van der Waals surface area contributed by atoms with Gasteiger partial charge in [0.05, 0.1) is 0 Å². The van der Waals surface area contributed by atoms with Gasteiger partial charge in [0.15, 0.2) is 0 Å². The minimum atomic E-state index is -1.91. The summed E-state index contributed by atoms with van der Waals surface area (Å²) in [4.78, 5) is 0. The van der Waals surface area contributed by atoms with Crippen LogP contribution in [-0.2, 0) is 9.09 Å². The van der Waals surface area contributed by atoms with Gasteiger partial charge in [-0.25, -0.2) is 0 Å². The highest BCUT2D eigenvalue weighted by molar-refractivity contribution is 7.36. The first-order valence-corrected chi connectivity index (χ1v) is 3.48. The molecule has 0 fully saturated rings. The molecule has 0 amide bonds. The molecule has 0 heterocycles. The molecule has 46 valence electrons. The number of hydrogen-bond donors (Lipinski definition) is 1. The Morgan fingerprint density at radius 1 is 1.88 bits per heavy atom. The van der Waals surface area contributed by atoms with Crippen LogP contribution >= 0.6 is 8.18 Å². The summed E-state index contributed by atoms with van der Waals surface area (Å²) in [6.45, 7) is 2.19. The topological polar surface area (TPSA) is 52.3 Å². The van der Waals surface area contributed by atoms with Crippen molar-refractivity contribution in [3.05, 3.63) is 12.2 Å². The van der Waals surface area contributed by atoms with E-state index < -0.39 is 8.18 Å². The van der Waals surface area contributed by atoms with Gasteiger partial charge >= 0.3 is 8.18 Å². The lowest BCUT2D eigenvalue weighted by Gasteiger charge is -1.75. The van der Waals surface area contributed by atoms with E-state index in [9.17, 15) is 4.57 Å². The Kier molecular flexibility index (Phi) is 4.76. The fraction of sp³-hybridized carbons (Fsp3) is 0.500. The van der Waals surface area contributed by atoms with E-state index in [0.29, 0.717) is 6.61 Å². The molecule has 0 rings (SSSR count). The number of allylic oxidation sites excluding steroid dienone is 1. The summed E-state index contributed by atoms with van der Waals surface area (Å²) < 4.78 is 14.5. The first-order valence-electron chi connectivity index (χ1n) is 2.23. The van der Waals surface area contributed by atoms with E-state index in [-0.39, 0.29) is 0 Å². The Morgan fingerprint density at radius 3 is 2.88 bits per heavy atom. The fourth-order valence-corrected chi connectivity index (χ4v) is 0.446. The Bertz CT molecular complexity index is 102. The van der Waals surface area contributed by atoms with E-state index in [1.807, 2.05) is 6.92 Å². The second-order valence-corrected chi connectivity index (χ2v) is 1.98. The average Bonchev–Trinajstić information content (AvgIpc) is 1.66. The zero-order valence-electron chi connectivity index (χ0n) is 4.70. The van der Waals surface area contributed by atoms with E-state index in [0.717, 1.165) is 0 Å². The van der Waals surface area contributed by atoms with Crippen molar-refractivity contribution in [2.75, 3.05) is 6.61 Å². The lowest BCUT2D eigenvalue weighted by Crippen LogP contribution is -1.85. The van der Waals surface area contributed by atoms with Crippen LogP contribution in [0.25, 0.3) is 0 Å². The van der Waals surface area contributed by atoms with E-state index >= 15 is 0 Å². The van der Waals surface area contributed by atoms with Crippen LogP contribution in [0.3, 0.4) is 0 Å². The van der Waals surface area contributed by atoms with Crippen molar-refractivity contribution in [1.29, 1.82) is 0 Å². The molecule has 8 heavy (non-hydrogen) atoms. The quantitative estimate of drug-likeness (QED) is 0.466. The normalized spacial score (nSPS) is 12.5. The molecule has 0 aliphatic carbocycles.